The Morgan fingerprint density at radius 2 is 1.84 bits per heavy atom. The van der Waals surface area contributed by atoms with Gasteiger partial charge in [0.2, 0.25) is 11.7 Å². The lowest BCUT2D eigenvalue weighted by Gasteiger charge is -2.17. The van der Waals surface area contributed by atoms with Crippen molar-refractivity contribution in [2.24, 2.45) is 0 Å². The van der Waals surface area contributed by atoms with Gasteiger partial charge in [-0.2, -0.15) is 5.26 Å². The number of aromatic nitrogens is 1. The molecule has 1 heterocycles. The minimum absolute atomic E-state index is 0.0263. The third kappa shape index (κ3) is 4.35. The molecule has 0 aliphatic rings. The van der Waals surface area contributed by atoms with Crippen molar-refractivity contribution >= 4 is 22.5 Å². The molecule has 10 nitrogen and oxygen atoms in total. The van der Waals surface area contributed by atoms with Crippen LogP contribution < -0.4 is 19.5 Å². The number of ether oxygens (including phenoxy) is 3. The SMILES string of the molecule is COc1cc(C(C#N)NC(=O)Cn2ccc3cc([N+](=O)[O-])ccc32)cc(OC)c1OC. The standard InChI is InChI=1S/C21H20N4O6/c1-29-18-9-14(10-19(30-2)21(18)31-3)16(11-22)23-20(26)12-24-7-6-13-8-15(25(27)28)4-5-17(13)24/h4-10,16H,12H2,1-3H3,(H,23,26). The first-order chi connectivity index (χ1) is 14.9. The number of fused-ring (bicyclic) bond motifs is 1. The van der Waals surface area contributed by atoms with Crippen molar-refractivity contribution in [3.05, 3.63) is 58.3 Å². The Bertz CT molecular complexity index is 1160. The summed E-state index contributed by atoms with van der Waals surface area (Å²) in [4.78, 5) is 23.1. The number of hydrogen-bond acceptors (Lipinski definition) is 7. The summed E-state index contributed by atoms with van der Waals surface area (Å²) in [6.45, 7) is -0.0656. The molecule has 1 aromatic heterocycles. The molecule has 0 spiro atoms. The van der Waals surface area contributed by atoms with E-state index in [4.69, 9.17) is 14.2 Å². The molecule has 2 aromatic carbocycles. The number of nitrogens with one attached hydrogen (secondary N) is 1. The van der Waals surface area contributed by atoms with Gasteiger partial charge in [-0.15, -0.1) is 0 Å². The zero-order valence-electron chi connectivity index (χ0n) is 17.1. The van der Waals surface area contributed by atoms with Crippen molar-refractivity contribution < 1.29 is 23.9 Å². The maximum Gasteiger partial charge on any atom is 0.270 e. The molecule has 1 N–H and O–H groups in total. The van der Waals surface area contributed by atoms with Crippen LogP contribution in [0.1, 0.15) is 11.6 Å². The molecule has 31 heavy (non-hydrogen) atoms. The molecule has 160 valence electrons. The van der Waals surface area contributed by atoms with Crippen molar-refractivity contribution in [1.29, 1.82) is 5.26 Å². The molecule has 0 saturated carbocycles. The highest BCUT2D eigenvalue weighted by Gasteiger charge is 2.21. The lowest BCUT2D eigenvalue weighted by molar-refractivity contribution is -0.384. The van der Waals surface area contributed by atoms with Gasteiger partial charge >= 0.3 is 0 Å². The number of nitrogens with zero attached hydrogens (tertiary/aromatic N) is 3. The lowest BCUT2D eigenvalue weighted by atomic mass is 10.1. The molecule has 10 heteroatoms. The molecule has 1 atom stereocenters. The minimum Gasteiger partial charge on any atom is -0.493 e. The third-order valence-corrected chi connectivity index (χ3v) is 4.73. The molecular formula is C21H20N4O6. The number of benzene rings is 2. The number of hydrogen-bond donors (Lipinski definition) is 1. The van der Waals surface area contributed by atoms with Crippen LogP contribution in [-0.2, 0) is 11.3 Å². The minimum atomic E-state index is -0.955. The van der Waals surface area contributed by atoms with Gasteiger partial charge in [0.25, 0.3) is 5.69 Å². The first kappa shape index (κ1) is 21.4. The van der Waals surface area contributed by atoms with E-state index in [0.29, 0.717) is 33.7 Å². The molecule has 0 radical (unpaired) electrons. The van der Waals surface area contributed by atoms with Crippen molar-refractivity contribution in [1.82, 2.24) is 9.88 Å². The summed E-state index contributed by atoms with van der Waals surface area (Å²) in [6, 6.07) is 10.4. The van der Waals surface area contributed by atoms with Gasteiger partial charge in [-0.3, -0.25) is 14.9 Å². The summed E-state index contributed by atoms with van der Waals surface area (Å²) >= 11 is 0. The monoisotopic (exact) mass is 424 g/mol. The van der Waals surface area contributed by atoms with Crippen LogP contribution in [0.25, 0.3) is 10.9 Å². The fourth-order valence-corrected chi connectivity index (χ4v) is 3.26. The number of methoxy groups -OCH3 is 3. The second-order valence-corrected chi connectivity index (χ2v) is 6.53. The number of nitriles is 1. The Morgan fingerprint density at radius 1 is 1.16 bits per heavy atom. The van der Waals surface area contributed by atoms with Crippen molar-refractivity contribution in [2.75, 3.05) is 21.3 Å². The van der Waals surface area contributed by atoms with E-state index in [1.54, 1.807) is 35.0 Å². The molecule has 1 amide bonds. The molecule has 0 aliphatic carbocycles. The normalized spacial score (nSPS) is 11.4. The van der Waals surface area contributed by atoms with E-state index >= 15 is 0 Å². The van der Waals surface area contributed by atoms with Gasteiger partial charge in [-0.1, -0.05) is 0 Å². The van der Waals surface area contributed by atoms with Gasteiger partial charge in [0.1, 0.15) is 12.6 Å². The third-order valence-electron chi connectivity index (χ3n) is 4.73. The highest BCUT2D eigenvalue weighted by atomic mass is 16.6. The molecule has 1 unspecified atom stereocenters. The summed E-state index contributed by atoms with van der Waals surface area (Å²) in [5.41, 5.74) is 1.11. The number of amides is 1. The van der Waals surface area contributed by atoms with Crippen LogP contribution in [0.4, 0.5) is 5.69 Å². The number of carbonyl (C=O) groups excluding carboxylic acids is 1. The molecule has 0 saturated heterocycles. The van der Waals surface area contributed by atoms with Gasteiger partial charge in [-0.25, -0.2) is 0 Å². The van der Waals surface area contributed by atoms with Crippen LogP contribution in [0, 0.1) is 21.4 Å². The van der Waals surface area contributed by atoms with Gasteiger partial charge in [-0.05, 0) is 29.8 Å². The Kier molecular flexibility index (Phi) is 6.26. The first-order valence-electron chi connectivity index (χ1n) is 9.14. The number of carbonyl (C=O) groups is 1. The van der Waals surface area contributed by atoms with Gasteiger partial charge in [0.15, 0.2) is 11.5 Å². The lowest BCUT2D eigenvalue weighted by Crippen LogP contribution is -2.30. The smallest absolute Gasteiger partial charge is 0.270 e. The number of non-ortho nitro benzene ring substituents is 1. The van der Waals surface area contributed by atoms with E-state index in [2.05, 4.69) is 11.4 Å². The molecule has 0 fully saturated rings. The molecule has 3 rings (SSSR count). The zero-order chi connectivity index (χ0) is 22.5. The van der Waals surface area contributed by atoms with Gasteiger partial charge in [0, 0.05) is 29.2 Å². The Hall–Kier alpha value is -4.26. The fourth-order valence-electron chi connectivity index (χ4n) is 3.26. The van der Waals surface area contributed by atoms with Gasteiger partial charge in [0.05, 0.1) is 32.3 Å². The second-order valence-electron chi connectivity index (χ2n) is 6.53. The Balaban J connectivity index is 1.82. The zero-order valence-corrected chi connectivity index (χ0v) is 17.1. The van der Waals surface area contributed by atoms with E-state index in [-0.39, 0.29) is 12.2 Å². The summed E-state index contributed by atoms with van der Waals surface area (Å²) < 4.78 is 17.5. The highest BCUT2D eigenvalue weighted by molar-refractivity contribution is 5.85. The van der Waals surface area contributed by atoms with E-state index in [1.165, 1.54) is 33.5 Å². The first-order valence-corrected chi connectivity index (χ1v) is 9.14. The second kappa shape index (κ2) is 9.04. The fraction of sp³-hybridized carbons (Fsp3) is 0.238. The van der Waals surface area contributed by atoms with E-state index in [9.17, 15) is 20.2 Å². The van der Waals surface area contributed by atoms with Crippen LogP contribution in [0.5, 0.6) is 17.2 Å². The highest BCUT2D eigenvalue weighted by Crippen LogP contribution is 2.39. The van der Waals surface area contributed by atoms with E-state index in [1.807, 2.05) is 0 Å². The summed E-state index contributed by atoms with van der Waals surface area (Å²) in [5.74, 6) is 0.703. The predicted octanol–water partition coefficient (Wildman–Crippen LogP) is 2.96. The molecule has 0 bridgehead atoms. The van der Waals surface area contributed by atoms with E-state index < -0.39 is 16.9 Å². The van der Waals surface area contributed by atoms with Crippen molar-refractivity contribution in [3.63, 3.8) is 0 Å². The predicted molar refractivity (Wildman–Crippen MR) is 111 cm³/mol. The average molecular weight is 424 g/mol. The van der Waals surface area contributed by atoms with Crippen LogP contribution in [-0.4, -0.2) is 36.7 Å². The summed E-state index contributed by atoms with van der Waals surface area (Å²) in [5, 5.41) is 23.9. The Morgan fingerprint density at radius 3 is 2.39 bits per heavy atom. The van der Waals surface area contributed by atoms with Crippen molar-refractivity contribution in [3.8, 4) is 23.3 Å². The topological polar surface area (TPSA) is 129 Å². The van der Waals surface area contributed by atoms with Crippen LogP contribution in [0.2, 0.25) is 0 Å². The molecule has 3 aromatic rings. The number of nitro groups is 1. The maximum absolute atomic E-state index is 12.6. The maximum atomic E-state index is 12.6. The average Bonchev–Trinajstić information content (AvgIpc) is 3.18. The van der Waals surface area contributed by atoms with Gasteiger partial charge < -0.3 is 24.1 Å². The summed E-state index contributed by atoms with van der Waals surface area (Å²) in [7, 11) is 4.39. The Labute approximate surface area is 177 Å². The number of nitro benzene ring substituents is 1. The van der Waals surface area contributed by atoms with Crippen LogP contribution in [0.15, 0.2) is 42.6 Å². The van der Waals surface area contributed by atoms with E-state index in [0.717, 1.165) is 0 Å². The molecule has 0 aliphatic heterocycles. The summed E-state index contributed by atoms with van der Waals surface area (Å²) in [6.07, 6.45) is 1.66. The van der Waals surface area contributed by atoms with Crippen LogP contribution in [0.3, 0.4) is 0 Å². The van der Waals surface area contributed by atoms with Crippen LogP contribution >= 0.6 is 0 Å². The quantitative estimate of drug-likeness (QED) is 0.435. The molecular weight excluding hydrogens is 404 g/mol. The number of rotatable bonds is 8. The largest absolute Gasteiger partial charge is 0.493 e. The van der Waals surface area contributed by atoms with Crippen molar-refractivity contribution in [2.45, 2.75) is 12.6 Å².